The number of benzene rings is 1. The van der Waals surface area contributed by atoms with Crippen molar-refractivity contribution in [3.05, 3.63) is 28.3 Å². The van der Waals surface area contributed by atoms with E-state index in [0.29, 0.717) is 0 Å². The summed E-state index contributed by atoms with van der Waals surface area (Å²) in [6.45, 7) is 8.65. The van der Waals surface area contributed by atoms with E-state index in [1.54, 1.807) is 7.11 Å². The molecule has 2 heteroatoms. The second-order valence-electron chi connectivity index (χ2n) is 4.75. The molecule has 0 heterocycles. The van der Waals surface area contributed by atoms with Crippen LogP contribution in [0, 0.1) is 0 Å². The van der Waals surface area contributed by atoms with Crippen LogP contribution in [0.2, 0.25) is 5.02 Å². The Morgan fingerprint density at radius 2 is 1.87 bits per heavy atom. The van der Waals surface area contributed by atoms with E-state index in [2.05, 4.69) is 33.8 Å². The van der Waals surface area contributed by atoms with E-state index in [1.165, 1.54) is 11.1 Å². The third-order valence-corrected chi connectivity index (χ3v) is 2.91. The molecule has 0 saturated carbocycles. The van der Waals surface area contributed by atoms with Crippen molar-refractivity contribution in [1.29, 1.82) is 0 Å². The quantitative estimate of drug-likeness (QED) is 0.734. The Morgan fingerprint density at radius 3 is 2.27 bits per heavy atom. The normalized spacial score (nSPS) is 11.6. The van der Waals surface area contributed by atoms with Gasteiger partial charge in [-0.3, -0.25) is 0 Å². The van der Waals surface area contributed by atoms with E-state index in [0.717, 1.165) is 17.2 Å². The summed E-state index contributed by atoms with van der Waals surface area (Å²) in [5.74, 6) is 0.879. The van der Waals surface area contributed by atoms with Gasteiger partial charge in [0.25, 0.3) is 0 Å². The van der Waals surface area contributed by atoms with Crippen LogP contribution in [0.15, 0.2) is 12.1 Å². The van der Waals surface area contributed by atoms with Gasteiger partial charge in [0.15, 0.2) is 0 Å². The van der Waals surface area contributed by atoms with E-state index in [1.807, 2.05) is 6.07 Å². The molecule has 0 atom stereocenters. The molecule has 0 N–H and O–H groups in total. The van der Waals surface area contributed by atoms with E-state index in [-0.39, 0.29) is 5.41 Å². The average molecular weight is 227 g/mol. The van der Waals surface area contributed by atoms with E-state index in [9.17, 15) is 0 Å². The van der Waals surface area contributed by atoms with Crippen molar-refractivity contribution in [2.24, 2.45) is 0 Å². The van der Waals surface area contributed by atoms with Crippen molar-refractivity contribution in [1.82, 2.24) is 0 Å². The highest BCUT2D eigenvalue weighted by atomic mass is 35.5. The van der Waals surface area contributed by atoms with Crippen LogP contribution in [0.1, 0.15) is 38.8 Å². The minimum absolute atomic E-state index is 0.0832. The zero-order chi connectivity index (χ0) is 11.6. The Hall–Kier alpha value is -0.690. The minimum Gasteiger partial charge on any atom is -0.496 e. The van der Waals surface area contributed by atoms with Crippen molar-refractivity contribution in [2.75, 3.05) is 7.11 Å². The lowest BCUT2D eigenvalue weighted by Gasteiger charge is -2.23. The molecule has 0 spiro atoms. The van der Waals surface area contributed by atoms with Crippen LogP contribution < -0.4 is 4.74 Å². The first kappa shape index (κ1) is 12.4. The molecule has 1 rings (SSSR count). The van der Waals surface area contributed by atoms with Crippen molar-refractivity contribution >= 4 is 11.6 Å². The fourth-order valence-corrected chi connectivity index (χ4v) is 1.91. The van der Waals surface area contributed by atoms with Gasteiger partial charge in [0.1, 0.15) is 5.75 Å². The molecule has 0 aliphatic rings. The standard InChI is InChI=1S/C13H19ClO/c1-6-9-7-10(13(2,3)4)12(15-5)8-11(9)14/h7-8H,6H2,1-5H3. The van der Waals surface area contributed by atoms with Crippen molar-refractivity contribution in [2.45, 2.75) is 39.5 Å². The first-order valence-corrected chi connectivity index (χ1v) is 5.64. The number of aryl methyl sites for hydroxylation is 1. The topological polar surface area (TPSA) is 9.23 Å². The molecule has 0 amide bonds. The maximum absolute atomic E-state index is 6.15. The number of rotatable bonds is 2. The third-order valence-electron chi connectivity index (χ3n) is 2.56. The Kier molecular flexibility index (Phi) is 3.67. The lowest BCUT2D eigenvalue weighted by molar-refractivity contribution is 0.397. The van der Waals surface area contributed by atoms with Gasteiger partial charge in [0.05, 0.1) is 7.11 Å². The highest BCUT2D eigenvalue weighted by Gasteiger charge is 2.20. The van der Waals surface area contributed by atoms with Crippen molar-refractivity contribution in [3.8, 4) is 5.75 Å². The molecule has 0 saturated heterocycles. The van der Waals surface area contributed by atoms with Crippen LogP contribution in [0.4, 0.5) is 0 Å². The highest BCUT2D eigenvalue weighted by molar-refractivity contribution is 6.31. The van der Waals surface area contributed by atoms with Crippen LogP contribution in [0.25, 0.3) is 0 Å². The van der Waals surface area contributed by atoms with Crippen LogP contribution in [0.3, 0.4) is 0 Å². The second-order valence-corrected chi connectivity index (χ2v) is 5.15. The van der Waals surface area contributed by atoms with Crippen LogP contribution in [0.5, 0.6) is 5.75 Å². The summed E-state index contributed by atoms with van der Waals surface area (Å²) in [6, 6.07) is 4.07. The van der Waals surface area contributed by atoms with Crippen molar-refractivity contribution < 1.29 is 4.74 Å². The third kappa shape index (κ3) is 2.66. The maximum atomic E-state index is 6.15. The van der Waals surface area contributed by atoms with E-state index >= 15 is 0 Å². The summed E-state index contributed by atoms with van der Waals surface area (Å²) < 4.78 is 5.37. The van der Waals surface area contributed by atoms with Gasteiger partial charge in [-0.1, -0.05) is 45.4 Å². The lowest BCUT2D eigenvalue weighted by atomic mass is 9.85. The van der Waals surface area contributed by atoms with Gasteiger partial charge >= 0.3 is 0 Å². The second kappa shape index (κ2) is 4.44. The number of ether oxygens (including phenoxy) is 1. The largest absolute Gasteiger partial charge is 0.496 e. The van der Waals surface area contributed by atoms with Gasteiger partial charge < -0.3 is 4.74 Å². The number of halogens is 1. The zero-order valence-corrected chi connectivity index (χ0v) is 10.9. The van der Waals surface area contributed by atoms with Gasteiger partial charge in [-0.25, -0.2) is 0 Å². The molecule has 1 aromatic carbocycles. The summed E-state index contributed by atoms with van der Waals surface area (Å²) >= 11 is 6.15. The molecule has 84 valence electrons. The first-order valence-electron chi connectivity index (χ1n) is 5.27. The van der Waals surface area contributed by atoms with Gasteiger partial charge in [0.2, 0.25) is 0 Å². The molecule has 0 fully saturated rings. The first-order chi connectivity index (χ1) is 6.90. The summed E-state index contributed by atoms with van der Waals surface area (Å²) in [4.78, 5) is 0. The monoisotopic (exact) mass is 226 g/mol. The molecule has 0 bridgehead atoms. The Morgan fingerprint density at radius 1 is 1.27 bits per heavy atom. The molecule has 0 unspecified atom stereocenters. The lowest BCUT2D eigenvalue weighted by Crippen LogP contribution is -2.13. The van der Waals surface area contributed by atoms with Gasteiger partial charge in [0, 0.05) is 5.02 Å². The Labute approximate surface area is 97.4 Å². The molecule has 1 nitrogen and oxygen atoms in total. The molecular formula is C13H19ClO. The van der Waals surface area contributed by atoms with Crippen LogP contribution in [-0.2, 0) is 11.8 Å². The SMILES string of the molecule is CCc1cc(C(C)(C)C)c(OC)cc1Cl. The van der Waals surface area contributed by atoms with Crippen molar-refractivity contribution in [3.63, 3.8) is 0 Å². The predicted octanol–water partition coefficient (Wildman–Crippen LogP) is 4.21. The van der Waals surface area contributed by atoms with Crippen LogP contribution >= 0.6 is 11.6 Å². The maximum Gasteiger partial charge on any atom is 0.124 e. The van der Waals surface area contributed by atoms with E-state index in [4.69, 9.17) is 16.3 Å². The van der Waals surface area contributed by atoms with Crippen LogP contribution in [-0.4, -0.2) is 7.11 Å². The summed E-state index contributed by atoms with van der Waals surface area (Å²) in [5.41, 5.74) is 2.48. The number of hydrogen-bond donors (Lipinski definition) is 0. The molecule has 15 heavy (non-hydrogen) atoms. The van der Waals surface area contributed by atoms with Gasteiger partial charge in [-0.05, 0) is 29.0 Å². The molecular weight excluding hydrogens is 208 g/mol. The zero-order valence-electron chi connectivity index (χ0n) is 10.1. The van der Waals surface area contributed by atoms with E-state index < -0.39 is 0 Å². The molecule has 0 radical (unpaired) electrons. The van der Waals surface area contributed by atoms with Gasteiger partial charge in [-0.2, -0.15) is 0 Å². The Bertz CT molecular complexity index is 350. The summed E-state index contributed by atoms with van der Waals surface area (Å²) in [6.07, 6.45) is 0.950. The molecule has 1 aromatic rings. The predicted molar refractivity (Wildman–Crippen MR) is 66.1 cm³/mol. The average Bonchev–Trinajstić information content (AvgIpc) is 2.15. The number of hydrogen-bond acceptors (Lipinski definition) is 1. The fourth-order valence-electron chi connectivity index (χ4n) is 1.63. The molecule has 0 aromatic heterocycles. The summed E-state index contributed by atoms with van der Waals surface area (Å²) in [5, 5.41) is 0.794. The number of methoxy groups -OCH3 is 1. The van der Waals surface area contributed by atoms with Gasteiger partial charge in [-0.15, -0.1) is 0 Å². The fraction of sp³-hybridized carbons (Fsp3) is 0.538. The highest BCUT2D eigenvalue weighted by Crippen LogP contribution is 2.35. The smallest absolute Gasteiger partial charge is 0.124 e. The molecule has 0 aliphatic carbocycles. The molecule has 0 aliphatic heterocycles. The summed E-state index contributed by atoms with van der Waals surface area (Å²) in [7, 11) is 1.69. The minimum atomic E-state index is 0.0832. The Balaban J connectivity index is 3.36.